The molecule has 2 aromatic rings. The number of hydrogen-bond acceptors (Lipinski definition) is 2. The van der Waals surface area contributed by atoms with Crippen LogP contribution >= 0.6 is 15.9 Å². The molecular weight excluding hydrogens is 294 g/mol. The molecule has 18 heavy (non-hydrogen) atoms. The van der Waals surface area contributed by atoms with Crippen molar-refractivity contribution in [3.05, 3.63) is 47.3 Å². The van der Waals surface area contributed by atoms with E-state index in [1.54, 1.807) is 0 Å². The van der Waals surface area contributed by atoms with E-state index in [1.807, 2.05) is 31.2 Å². The number of benzene rings is 1. The number of anilines is 1. The van der Waals surface area contributed by atoms with Gasteiger partial charge in [0.05, 0.1) is 11.8 Å². The van der Waals surface area contributed by atoms with Crippen LogP contribution in [0.2, 0.25) is 0 Å². The lowest BCUT2D eigenvalue weighted by Gasteiger charge is -2.05. The van der Waals surface area contributed by atoms with Crippen LogP contribution < -0.4 is 5.32 Å². The van der Waals surface area contributed by atoms with E-state index in [9.17, 15) is 4.79 Å². The van der Waals surface area contributed by atoms with Crippen LogP contribution in [0.4, 0.5) is 5.69 Å². The van der Waals surface area contributed by atoms with Crippen LogP contribution in [-0.4, -0.2) is 21.4 Å². The van der Waals surface area contributed by atoms with Gasteiger partial charge in [0, 0.05) is 16.7 Å². The largest absolute Gasteiger partial charge is 0.322 e. The quantitative estimate of drug-likeness (QED) is 0.853. The second-order valence-corrected chi connectivity index (χ2v) is 4.79. The Bertz CT molecular complexity index is 533. The summed E-state index contributed by atoms with van der Waals surface area (Å²) in [6.07, 6.45) is 2.51. The van der Waals surface area contributed by atoms with Crippen molar-refractivity contribution >= 4 is 27.5 Å². The lowest BCUT2D eigenvalue weighted by atomic mass is 10.1. The summed E-state index contributed by atoms with van der Waals surface area (Å²) < 4.78 is 0. The number of carbonyl (C=O) groups is 1. The second kappa shape index (κ2) is 5.82. The summed E-state index contributed by atoms with van der Waals surface area (Å²) in [5, 5.41) is 10.4. The number of nitrogens with one attached hydrogen (secondary N) is 2. The molecule has 0 fully saturated rings. The number of aromatic nitrogens is 2. The highest BCUT2D eigenvalue weighted by Gasteiger charge is 2.10. The number of nitrogens with zero attached hydrogens (tertiary/aromatic N) is 1. The molecule has 0 aliphatic rings. The van der Waals surface area contributed by atoms with Crippen LogP contribution in [0.1, 0.15) is 21.6 Å². The summed E-state index contributed by atoms with van der Waals surface area (Å²) in [7, 11) is 0. The Kier molecular flexibility index (Phi) is 4.15. The van der Waals surface area contributed by atoms with Crippen molar-refractivity contribution in [3.63, 3.8) is 0 Å². The van der Waals surface area contributed by atoms with Gasteiger partial charge in [0.2, 0.25) is 0 Å². The maximum absolute atomic E-state index is 11.9. The molecule has 4 nitrogen and oxygen atoms in total. The molecule has 94 valence electrons. The Morgan fingerprint density at radius 1 is 1.39 bits per heavy atom. The highest BCUT2D eigenvalue weighted by Crippen LogP contribution is 2.13. The number of carbonyl (C=O) groups excluding carboxylic acids is 1. The average molecular weight is 308 g/mol. The minimum atomic E-state index is -0.144. The number of hydrogen-bond donors (Lipinski definition) is 2. The average Bonchev–Trinajstić information content (AvgIpc) is 2.78. The fraction of sp³-hybridized carbons (Fsp3) is 0.231. The zero-order chi connectivity index (χ0) is 13.0. The fourth-order valence-corrected chi connectivity index (χ4v) is 2.10. The van der Waals surface area contributed by atoms with Gasteiger partial charge in [0.1, 0.15) is 0 Å². The summed E-state index contributed by atoms with van der Waals surface area (Å²) in [6.45, 7) is 1.82. The normalized spacial score (nSPS) is 10.3. The molecule has 1 amide bonds. The van der Waals surface area contributed by atoms with Gasteiger partial charge in [0.15, 0.2) is 0 Å². The maximum Gasteiger partial charge on any atom is 0.259 e. The molecule has 0 saturated heterocycles. The topological polar surface area (TPSA) is 57.8 Å². The summed E-state index contributed by atoms with van der Waals surface area (Å²) in [5.41, 5.74) is 3.37. The van der Waals surface area contributed by atoms with Crippen LogP contribution in [-0.2, 0) is 6.42 Å². The van der Waals surface area contributed by atoms with E-state index in [1.165, 1.54) is 11.8 Å². The standard InChI is InChI=1S/C13H14BrN3O/c1-9-12(8-15-17-9)13(18)16-11-4-2-10(3-5-11)6-7-14/h2-5,8H,6-7H2,1H3,(H,15,17)(H,16,18). The van der Waals surface area contributed by atoms with Crippen molar-refractivity contribution in [2.75, 3.05) is 10.6 Å². The smallest absolute Gasteiger partial charge is 0.259 e. The predicted octanol–water partition coefficient (Wildman–Crippen LogP) is 2.91. The number of H-pyrrole nitrogens is 1. The first-order chi connectivity index (χ1) is 8.70. The van der Waals surface area contributed by atoms with Gasteiger partial charge in [-0.25, -0.2) is 0 Å². The van der Waals surface area contributed by atoms with E-state index in [0.29, 0.717) is 5.56 Å². The molecule has 0 unspecified atom stereocenters. The summed E-state index contributed by atoms with van der Waals surface area (Å²) in [4.78, 5) is 11.9. The van der Waals surface area contributed by atoms with Gasteiger partial charge < -0.3 is 5.32 Å². The number of aryl methyl sites for hydroxylation is 2. The van der Waals surface area contributed by atoms with E-state index in [4.69, 9.17) is 0 Å². The van der Waals surface area contributed by atoms with Crippen LogP contribution in [0, 0.1) is 6.92 Å². The predicted molar refractivity (Wildman–Crippen MR) is 75.2 cm³/mol. The van der Waals surface area contributed by atoms with Crippen molar-refractivity contribution in [1.82, 2.24) is 10.2 Å². The second-order valence-electron chi connectivity index (χ2n) is 4.00. The molecule has 1 aromatic heterocycles. The fourth-order valence-electron chi connectivity index (χ4n) is 1.64. The molecule has 0 atom stereocenters. The van der Waals surface area contributed by atoms with Crippen LogP contribution in [0.5, 0.6) is 0 Å². The maximum atomic E-state index is 11.9. The molecule has 5 heteroatoms. The van der Waals surface area contributed by atoms with Gasteiger partial charge in [-0.15, -0.1) is 0 Å². The van der Waals surface area contributed by atoms with Crippen LogP contribution in [0.15, 0.2) is 30.5 Å². The highest BCUT2D eigenvalue weighted by molar-refractivity contribution is 9.09. The molecule has 1 aromatic carbocycles. The third-order valence-electron chi connectivity index (χ3n) is 2.67. The minimum Gasteiger partial charge on any atom is -0.322 e. The summed E-state index contributed by atoms with van der Waals surface area (Å²) in [6, 6.07) is 7.84. The van der Waals surface area contributed by atoms with Crippen LogP contribution in [0.25, 0.3) is 0 Å². The number of amides is 1. The number of aromatic amines is 1. The molecule has 0 aliphatic carbocycles. The van der Waals surface area contributed by atoms with Gasteiger partial charge in [-0.3, -0.25) is 9.89 Å². The Morgan fingerprint density at radius 3 is 2.67 bits per heavy atom. The monoisotopic (exact) mass is 307 g/mol. The van der Waals surface area contributed by atoms with E-state index < -0.39 is 0 Å². The SMILES string of the molecule is Cc1[nH]ncc1C(=O)Nc1ccc(CCBr)cc1. The van der Waals surface area contributed by atoms with E-state index >= 15 is 0 Å². The van der Waals surface area contributed by atoms with Crippen molar-refractivity contribution in [2.45, 2.75) is 13.3 Å². The first-order valence-corrected chi connectivity index (χ1v) is 6.79. The summed E-state index contributed by atoms with van der Waals surface area (Å²) in [5.74, 6) is -0.144. The first-order valence-electron chi connectivity index (χ1n) is 5.67. The lowest BCUT2D eigenvalue weighted by Crippen LogP contribution is -2.12. The minimum absolute atomic E-state index is 0.144. The van der Waals surface area contributed by atoms with E-state index in [0.717, 1.165) is 23.1 Å². The first kappa shape index (κ1) is 12.8. The highest BCUT2D eigenvalue weighted by atomic mass is 79.9. The Morgan fingerprint density at radius 2 is 2.11 bits per heavy atom. The Balaban J connectivity index is 2.05. The number of rotatable bonds is 4. The zero-order valence-corrected chi connectivity index (χ0v) is 11.6. The van der Waals surface area contributed by atoms with Crippen molar-refractivity contribution in [3.8, 4) is 0 Å². The molecule has 0 saturated carbocycles. The van der Waals surface area contributed by atoms with Crippen molar-refractivity contribution in [2.24, 2.45) is 0 Å². The molecule has 2 rings (SSSR count). The molecule has 0 aliphatic heterocycles. The molecule has 1 heterocycles. The Hall–Kier alpha value is -1.62. The van der Waals surface area contributed by atoms with Gasteiger partial charge in [0.25, 0.3) is 5.91 Å². The van der Waals surface area contributed by atoms with Gasteiger partial charge in [-0.2, -0.15) is 5.10 Å². The molecule has 0 radical (unpaired) electrons. The zero-order valence-electron chi connectivity index (χ0n) is 10.0. The van der Waals surface area contributed by atoms with E-state index in [-0.39, 0.29) is 5.91 Å². The van der Waals surface area contributed by atoms with Gasteiger partial charge >= 0.3 is 0 Å². The lowest BCUT2D eigenvalue weighted by molar-refractivity contribution is 0.102. The molecule has 0 spiro atoms. The molecule has 2 N–H and O–H groups in total. The van der Waals surface area contributed by atoms with E-state index in [2.05, 4.69) is 31.4 Å². The summed E-state index contributed by atoms with van der Waals surface area (Å²) >= 11 is 3.40. The molecular formula is C13H14BrN3O. The third-order valence-corrected chi connectivity index (χ3v) is 3.07. The third kappa shape index (κ3) is 2.98. The molecule has 0 bridgehead atoms. The van der Waals surface area contributed by atoms with Gasteiger partial charge in [-0.1, -0.05) is 28.1 Å². The number of halogens is 1. The Labute approximate surface area is 114 Å². The van der Waals surface area contributed by atoms with Gasteiger partial charge in [-0.05, 0) is 31.0 Å². The van der Waals surface area contributed by atoms with Crippen molar-refractivity contribution < 1.29 is 4.79 Å². The van der Waals surface area contributed by atoms with Crippen LogP contribution in [0.3, 0.4) is 0 Å². The number of alkyl halides is 1. The van der Waals surface area contributed by atoms with Crippen molar-refractivity contribution in [1.29, 1.82) is 0 Å².